The monoisotopic (exact) mass is 351 g/mol. The summed E-state index contributed by atoms with van der Waals surface area (Å²) in [5.41, 5.74) is 3.01. The summed E-state index contributed by atoms with van der Waals surface area (Å²) in [6.07, 6.45) is 0.993. The van der Waals surface area contributed by atoms with Crippen molar-refractivity contribution < 1.29 is 9.53 Å². The third-order valence-electron chi connectivity index (χ3n) is 4.49. The van der Waals surface area contributed by atoms with Gasteiger partial charge in [0.2, 0.25) is 5.91 Å². The van der Waals surface area contributed by atoms with Gasteiger partial charge in [0, 0.05) is 12.8 Å². The highest BCUT2D eigenvalue weighted by Crippen LogP contribution is 2.24. The number of carbonyl (C=O) groups excluding carboxylic acids is 1. The van der Waals surface area contributed by atoms with Gasteiger partial charge in [-0.15, -0.1) is 0 Å². The molecule has 1 heterocycles. The van der Waals surface area contributed by atoms with E-state index in [2.05, 4.69) is 29.1 Å². The van der Waals surface area contributed by atoms with Crippen molar-refractivity contribution in [2.45, 2.75) is 32.7 Å². The first-order valence-electron chi connectivity index (χ1n) is 8.93. The number of amides is 1. The maximum Gasteiger partial charge on any atom is 0.220 e. The second-order valence-corrected chi connectivity index (χ2v) is 6.76. The predicted molar refractivity (Wildman–Crippen MR) is 103 cm³/mol. The molecule has 0 bridgehead atoms. The molecule has 26 heavy (non-hydrogen) atoms. The third-order valence-corrected chi connectivity index (χ3v) is 4.49. The van der Waals surface area contributed by atoms with Gasteiger partial charge in [0.25, 0.3) is 0 Å². The Kier molecular flexibility index (Phi) is 5.56. The van der Waals surface area contributed by atoms with Crippen LogP contribution in [-0.2, 0) is 11.2 Å². The maximum atomic E-state index is 12.5. The Labute approximate surface area is 153 Å². The average molecular weight is 351 g/mol. The largest absolute Gasteiger partial charge is 0.497 e. The number of nitrogens with one attached hydrogen (secondary N) is 2. The molecule has 2 aromatic carbocycles. The molecule has 0 aliphatic rings. The van der Waals surface area contributed by atoms with Gasteiger partial charge in [-0.2, -0.15) is 0 Å². The number of H-pyrrole nitrogens is 1. The fourth-order valence-corrected chi connectivity index (χ4v) is 3.05. The average Bonchev–Trinajstić information content (AvgIpc) is 3.07. The number of benzene rings is 2. The third kappa shape index (κ3) is 4.23. The van der Waals surface area contributed by atoms with Gasteiger partial charge in [-0.3, -0.25) is 4.79 Å². The first kappa shape index (κ1) is 18.0. The van der Waals surface area contributed by atoms with E-state index >= 15 is 0 Å². The Morgan fingerprint density at radius 2 is 1.88 bits per heavy atom. The molecular formula is C21H25N3O2. The number of fused-ring (bicyclic) bond motifs is 1. The smallest absolute Gasteiger partial charge is 0.220 e. The first-order valence-corrected chi connectivity index (χ1v) is 8.93. The molecule has 1 amide bonds. The van der Waals surface area contributed by atoms with Crippen LogP contribution >= 0.6 is 0 Å². The Balaban J connectivity index is 1.62. The van der Waals surface area contributed by atoms with E-state index in [1.807, 2.05) is 48.5 Å². The van der Waals surface area contributed by atoms with E-state index < -0.39 is 0 Å². The number of methoxy groups -OCH3 is 1. The van der Waals surface area contributed by atoms with Gasteiger partial charge >= 0.3 is 0 Å². The number of hydrogen-bond donors (Lipinski definition) is 2. The van der Waals surface area contributed by atoms with Gasteiger partial charge in [0.1, 0.15) is 11.6 Å². The summed E-state index contributed by atoms with van der Waals surface area (Å²) in [7, 11) is 1.65. The Morgan fingerprint density at radius 1 is 1.15 bits per heavy atom. The molecule has 1 aromatic heterocycles. The van der Waals surface area contributed by atoms with Gasteiger partial charge in [-0.25, -0.2) is 4.98 Å². The lowest BCUT2D eigenvalue weighted by Gasteiger charge is -2.23. The number of para-hydroxylation sites is 2. The molecule has 0 fully saturated rings. The van der Waals surface area contributed by atoms with Crippen molar-refractivity contribution >= 4 is 16.9 Å². The number of aromatic nitrogens is 2. The van der Waals surface area contributed by atoms with E-state index in [1.54, 1.807) is 7.11 Å². The van der Waals surface area contributed by atoms with Crippen molar-refractivity contribution in [1.82, 2.24) is 15.3 Å². The highest BCUT2D eigenvalue weighted by atomic mass is 16.5. The van der Waals surface area contributed by atoms with Gasteiger partial charge < -0.3 is 15.0 Å². The van der Waals surface area contributed by atoms with Gasteiger partial charge in [0.05, 0.1) is 24.2 Å². The van der Waals surface area contributed by atoms with E-state index in [1.165, 1.54) is 0 Å². The summed E-state index contributed by atoms with van der Waals surface area (Å²) in [5, 5.41) is 3.15. The zero-order valence-electron chi connectivity index (χ0n) is 15.5. The number of aryl methyl sites for hydroxylation is 1. The molecular weight excluding hydrogens is 326 g/mol. The van der Waals surface area contributed by atoms with E-state index in [-0.39, 0.29) is 11.9 Å². The summed E-state index contributed by atoms with van der Waals surface area (Å²) >= 11 is 0. The Morgan fingerprint density at radius 3 is 2.54 bits per heavy atom. The number of hydrogen-bond acceptors (Lipinski definition) is 3. The highest BCUT2D eigenvalue weighted by molar-refractivity contribution is 5.77. The molecule has 0 aliphatic heterocycles. The van der Waals surface area contributed by atoms with E-state index in [4.69, 9.17) is 4.74 Å². The van der Waals surface area contributed by atoms with Crippen molar-refractivity contribution in [3.63, 3.8) is 0 Å². The molecule has 0 aliphatic carbocycles. The maximum absolute atomic E-state index is 12.5. The SMILES string of the molecule is COc1ccc([C@@H](NC(=O)CCc2nc3ccccc3[nH]2)C(C)C)cc1. The zero-order valence-corrected chi connectivity index (χ0v) is 15.5. The second kappa shape index (κ2) is 8.04. The number of rotatable bonds is 7. The number of carbonyl (C=O) groups is 1. The van der Waals surface area contributed by atoms with Crippen molar-refractivity contribution in [3.05, 3.63) is 59.9 Å². The van der Waals surface area contributed by atoms with Crippen molar-refractivity contribution in [3.8, 4) is 5.75 Å². The van der Waals surface area contributed by atoms with Crippen LogP contribution in [0.5, 0.6) is 5.75 Å². The summed E-state index contributed by atoms with van der Waals surface area (Å²) < 4.78 is 5.21. The first-order chi connectivity index (χ1) is 12.6. The van der Waals surface area contributed by atoms with Crippen LogP contribution in [0.4, 0.5) is 0 Å². The molecule has 5 heteroatoms. The number of ether oxygens (including phenoxy) is 1. The summed E-state index contributed by atoms with van der Waals surface area (Å²) in [5.74, 6) is 1.97. The van der Waals surface area contributed by atoms with Crippen LogP contribution < -0.4 is 10.1 Å². The van der Waals surface area contributed by atoms with E-state index in [0.717, 1.165) is 28.2 Å². The predicted octanol–water partition coefficient (Wildman–Crippen LogP) is 4.02. The lowest BCUT2D eigenvalue weighted by molar-refractivity contribution is -0.122. The van der Waals surface area contributed by atoms with Gasteiger partial charge in [-0.1, -0.05) is 38.1 Å². The summed E-state index contributed by atoms with van der Waals surface area (Å²) in [4.78, 5) is 20.3. The van der Waals surface area contributed by atoms with Crippen molar-refractivity contribution in [2.75, 3.05) is 7.11 Å². The molecule has 0 radical (unpaired) electrons. The van der Waals surface area contributed by atoms with Gasteiger partial charge in [-0.05, 0) is 35.7 Å². The standard InChI is InChI=1S/C21H25N3O2/c1-14(2)21(15-8-10-16(26-3)11-9-15)24-20(25)13-12-19-22-17-6-4-5-7-18(17)23-19/h4-11,14,21H,12-13H2,1-3H3,(H,22,23)(H,24,25)/t21-/m0/s1. The van der Waals surface area contributed by atoms with Crippen LogP contribution in [0.1, 0.15) is 37.7 Å². The van der Waals surface area contributed by atoms with Crippen LogP contribution in [0.3, 0.4) is 0 Å². The molecule has 0 saturated heterocycles. The molecule has 0 unspecified atom stereocenters. The fraction of sp³-hybridized carbons (Fsp3) is 0.333. The van der Waals surface area contributed by atoms with Crippen LogP contribution in [0, 0.1) is 5.92 Å². The molecule has 136 valence electrons. The molecule has 2 N–H and O–H groups in total. The fourth-order valence-electron chi connectivity index (χ4n) is 3.05. The number of imidazole rings is 1. The van der Waals surface area contributed by atoms with Crippen LogP contribution in [-0.4, -0.2) is 23.0 Å². The Bertz CT molecular complexity index is 835. The van der Waals surface area contributed by atoms with E-state index in [9.17, 15) is 4.79 Å². The normalized spacial score (nSPS) is 12.3. The zero-order chi connectivity index (χ0) is 18.5. The van der Waals surface area contributed by atoms with Crippen molar-refractivity contribution in [1.29, 1.82) is 0 Å². The topological polar surface area (TPSA) is 67.0 Å². The lowest BCUT2D eigenvalue weighted by Crippen LogP contribution is -2.31. The minimum atomic E-state index is -0.0240. The molecule has 5 nitrogen and oxygen atoms in total. The summed E-state index contributed by atoms with van der Waals surface area (Å²) in [6, 6.07) is 15.7. The molecule has 1 atom stereocenters. The quantitative estimate of drug-likeness (QED) is 0.676. The van der Waals surface area contributed by atoms with E-state index in [0.29, 0.717) is 18.8 Å². The number of nitrogens with zero attached hydrogens (tertiary/aromatic N) is 1. The Hall–Kier alpha value is -2.82. The molecule has 0 saturated carbocycles. The minimum absolute atomic E-state index is 0.0240. The van der Waals surface area contributed by atoms with Crippen LogP contribution in [0.15, 0.2) is 48.5 Å². The molecule has 3 rings (SSSR count). The minimum Gasteiger partial charge on any atom is -0.497 e. The highest BCUT2D eigenvalue weighted by Gasteiger charge is 2.18. The summed E-state index contributed by atoms with van der Waals surface area (Å²) in [6.45, 7) is 4.21. The number of aromatic amines is 1. The van der Waals surface area contributed by atoms with Gasteiger partial charge in [0.15, 0.2) is 0 Å². The van der Waals surface area contributed by atoms with Crippen LogP contribution in [0.25, 0.3) is 11.0 Å². The van der Waals surface area contributed by atoms with Crippen molar-refractivity contribution in [2.24, 2.45) is 5.92 Å². The lowest BCUT2D eigenvalue weighted by atomic mass is 9.95. The van der Waals surface area contributed by atoms with Crippen LogP contribution in [0.2, 0.25) is 0 Å². The molecule has 3 aromatic rings. The second-order valence-electron chi connectivity index (χ2n) is 6.76. The molecule has 0 spiro atoms.